The number of nitrogens with zero attached hydrogens (tertiary/aromatic N) is 3. The molecule has 26 heavy (non-hydrogen) atoms. The first kappa shape index (κ1) is 16.8. The number of benzene rings is 1. The highest BCUT2D eigenvalue weighted by molar-refractivity contribution is 7.73. The third-order valence-electron chi connectivity index (χ3n) is 4.47. The lowest BCUT2D eigenvalue weighted by Gasteiger charge is -2.18. The normalized spacial score (nSPS) is 10.8. The summed E-state index contributed by atoms with van der Waals surface area (Å²) in [5.74, 6) is 0. The Balaban J connectivity index is 2.11. The predicted octanol–water partition coefficient (Wildman–Crippen LogP) is 6.01. The van der Waals surface area contributed by atoms with Crippen LogP contribution in [0.15, 0.2) is 67.3 Å². The summed E-state index contributed by atoms with van der Waals surface area (Å²) >= 11 is 7.36. The van der Waals surface area contributed by atoms with E-state index < -0.39 is 0 Å². The molecule has 1 aromatic carbocycles. The van der Waals surface area contributed by atoms with E-state index in [4.69, 9.17) is 12.2 Å². The minimum atomic E-state index is 0.849. The first-order valence-corrected chi connectivity index (χ1v) is 9.52. The molecule has 128 valence electrons. The van der Waals surface area contributed by atoms with E-state index in [0.29, 0.717) is 0 Å². The van der Waals surface area contributed by atoms with Gasteiger partial charge in [-0.05, 0) is 38.2 Å². The molecule has 4 rings (SSSR count). The Morgan fingerprint density at radius 2 is 1.42 bits per heavy atom. The molecule has 0 aliphatic carbocycles. The molecule has 4 aromatic rings. The van der Waals surface area contributed by atoms with Gasteiger partial charge in [-0.15, -0.1) is 11.3 Å². The first-order valence-electron chi connectivity index (χ1n) is 8.30. The minimum Gasteiger partial charge on any atom is -0.295 e. The molecule has 0 N–H and O–H groups in total. The summed E-state index contributed by atoms with van der Waals surface area (Å²) < 4.78 is 3.03. The first-order chi connectivity index (χ1) is 12.7. The molecule has 3 aromatic heterocycles. The number of aryl methyl sites for hydroxylation is 1. The van der Waals surface area contributed by atoms with E-state index in [-0.39, 0.29) is 0 Å². The molecule has 0 atom stereocenters. The van der Waals surface area contributed by atoms with E-state index in [2.05, 4.69) is 58.7 Å². The maximum Gasteiger partial charge on any atom is 0.166 e. The molecule has 3 heterocycles. The molecule has 0 saturated carbocycles. The summed E-state index contributed by atoms with van der Waals surface area (Å²) in [6, 6.07) is 14.4. The molecule has 0 aliphatic heterocycles. The number of hydrogen-bond donors (Lipinski definition) is 0. The summed E-state index contributed by atoms with van der Waals surface area (Å²) in [5, 5.41) is 0. The predicted molar refractivity (Wildman–Crippen MR) is 110 cm³/mol. The van der Waals surface area contributed by atoms with Crippen LogP contribution in [0, 0.1) is 17.8 Å². The fraction of sp³-hybridized carbons (Fsp3) is 0.0952. The molecule has 3 nitrogen and oxygen atoms in total. The summed E-state index contributed by atoms with van der Waals surface area (Å²) in [6.45, 7) is 4.23. The van der Waals surface area contributed by atoms with Gasteiger partial charge in [-0.1, -0.05) is 30.3 Å². The Morgan fingerprint density at radius 1 is 0.846 bits per heavy atom. The molecule has 0 unspecified atom stereocenters. The Hall–Kier alpha value is -2.63. The zero-order valence-electron chi connectivity index (χ0n) is 14.5. The SMILES string of the molecule is Cc1sc(=S)n(-c2c(-c3cccnc3)cccc2-c2cccnc2)c1C. The maximum atomic E-state index is 5.71. The second-order valence-electron chi connectivity index (χ2n) is 6.03. The second-order valence-corrected chi connectivity index (χ2v) is 7.88. The van der Waals surface area contributed by atoms with Crippen molar-refractivity contribution >= 4 is 23.6 Å². The summed E-state index contributed by atoms with van der Waals surface area (Å²) in [4.78, 5) is 9.84. The van der Waals surface area contributed by atoms with Crippen molar-refractivity contribution in [3.63, 3.8) is 0 Å². The van der Waals surface area contributed by atoms with Crippen LogP contribution < -0.4 is 0 Å². The van der Waals surface area contributed by atoms with Crippen LogP contribution in [0.1, 0.15) is 10.6 Å². The molecule has 0 spiro atoms. The molecule has 0 aliphatic rings. The summed E-state index contributed by atoms with van der Waals surface area (Å²) in [7, 11) is 0. The molecule has 0 fully saturated rings. The van der Waals surface area contributed by atoms with Crippen LogP contribution in [0.5, 0.6) is 0 Å². The number of rotatable bonds is 3. The monoisotopic (exact) mass is 375 g/mol. The zero-order chi connectivity index (χ0) is 18.1. The van der Waals surface area contributed by atoms with Crippen molar-refractivity contribution in [2.75, 3.05) is 0 Å². The fourth-order valence-corrected chi connectivity index (χ4v) is 4.52. The van der Waals surface area contributed by atoms with Crippen molar-refractivity contribution in [3.8, 4) is 27.9 Å². The van der Waals surface area contributed by atoms with Gasteiger partial charge in [0.1, 0.15) is 0 Å². The molecule has 0 saturated heterocycles. The van der Waals surface area contributed by atoms with Gasteiger partial charge in [0.25, 0.3) is 0 Å². The van der Waals surface area contributed by atoms with Crippen molar-refractivity contribution in [1.82, 2.24) is 14.5 Å². The quantitative estimate of drug-likeness (QED) is 0.411. The van der Waals surface area contributed by atoms with Gasteiger partial charge in [-0.2, -0.15) is 0 Å². The van der Waals surface area contributed by atoms with Gasteiger partial charge < -0.3 is 0 Å². The minimum absolute atomic E-state index is 0.849. The van der Waals surface area contributed by atoms with Gasteiger partial charge in [-0.3, -0.25) is 14.5 Å². The fourth-order valence-electron chi connectivity index (χ4n) is 3.10. The smallest absolute Gasteiger partial charge is 0.166 e. The van der Waals surface area contributed by atoms with E-state index in [1.807, 2.05) is 24.5 Å². The van der Waals surface area contributed by atoms with Crippen molar-refractivity contribution < 1.29 is 0 Å². The molecule has 0 bridgehead atoms. The van der Waals surface area contributed by atoms with Crippen LogP contribution in [-0.4, -0.2) is 14.5 Å². The molecule has 0 amide bonds. The topological polar surface area (TPSA) is 30.7 Å². The van der Waals surface area contributed by atoms with Crippen LogP contribution in [0.25, 0.3) is 27.9 Å². The van der Waals surface area contributed by atoms with Gasteiger partial charge >= 0.3 is 0 Å². The average molecular weight is 376 g/mol. The van der Waals surface area contributed by atoms with Gasteiger partial charge in [0.05, 0.1) is 5.69 Å². The summed E-state index contributed by atoms with van der Waals surface area (Å²) in [6.07, 6.45) is 7.37. The van der Waals surface area contributed by atoms with E-state index in [0.717, 1.165) is 31.9 Å². The third kappa shape index (κ3) is 2.89. The molecular formula is C21H17N3S2. The van der Waals surface area contributed by atoms with Crippen molar-refractivity contribution in [3.05, 3.63) is 81.8 Å². The van der Waals surface area contributed by atoms with Crippen molar-refractivity contribution in [1.29, 1.82) is 0 Å². The Bertz CT molecular complexity index is 1060. The molecule has 5 heteroatoms. The Kier molecular flexibility index (Phi) is 4.49. The van der Waals surface area contributed by atoms with Gasteiger partial charge in [0, 0.05) is 57.6 Å². The highest BCUT2D eigenvalue weighted by Gasteiger charge is 2.17. The highest BCUT2D eigenvalue weighted by atomic mass is 32.1. The van der Waals surface area contributed by atoms with Gasteiger partial charge in [0.15, 0.2) is 3.95 Å². The molecule has 0 radical (unpaired) electrons. The number of thiazole rings is 1. The lowest BCUT2D eigenvalue weighted by atomic mass is 9.97. The molecular weight excluding hydrogens is 358 g/mol. The lowest BCUT2D eigenvalue weighted by molar-refractivity contribution is 0.997. The number of aromatic nitrogens is 3. The Morgan fingerprint density at radius 3 is 1.85 bits per heavy atom. The van der Waals surface area contributed by atoms with Crippen LogP contribution in [0.4, 0.5) is 0 Å². The van der Waals surface area contributed by atoms with Crippen LogP contribution >= 0.6 is 23.6 Å². The average Bonchev–Trinajstić information content (AvgIpc) is 2.94. The van der Waals surface area contributed by atoms with Gasteiger partial charge in [0.2, 0.25) is 0 Å². The lowest BCUT2D eigenvalue weighted by Crippen LogP contribution is -2.03. The largest absolute Gasteiger partial charge is 0.295 e. The van der Waals surface area contributed by atoms with Crippen LogP contribution in [-0.2, 0) is 0 Å². The number of hydrogen-bond acceptors (Lipinski definition) is 4. The van der Waals surface area contributed by atoms with E-state index >= 15 is 0 Å². The van der Waals surface area contributed by atoms with Crippen LogP contribution in [0.3, 0.4) is 0 Å². The zero-order valence-corrected chi connectivity index (χ0v) is 16.1. The maximum absolute atomic E-state index is 5.71. The number of pyridine rings is 2. The van der Waals surface area contributed by atoms with E-state index in [1.165, 1.54) is 10.6 Å². The number of para-hydroxylation sites is 1. The van der Waals surface area contributed by atoms with E-state index in [1.54, 1.807) is 23.7 Å². The van der Waals surface area contributed by atoms with Crippen molar-refractivity contribution in [2.24, 2.45) is 0 Å². The van der Waals surface area contributed by atoms with E-state index in [9.17, 15) is 0 Å². The second kappa shape index (κ2) is 6.94. The highest BCUT2D eigenvalue weighted by Crippen LogP contribution is 2.37. The van der Waals surface area contributed by atoms with Crippen LogP contribution in [0.2, 0.25) is 0 Å². The van der Waals surface area contributed by atoms with Crippen molar-refractivity contribution in [2.45, 2.75) is 13.8 Å². The third-order valence-corrected chi connectivity index (χ3v) is 5.86. The van der Waals surface area contributed by atoms with Gasteiger partial charge in [-0.25, -0.2) is 0 Å². The summed E-state index contributed by atoms with van der Waals surface area (Å²) in [5.41, 5.74) is 6.60. The standard InChI is InChI=1S/C21H17N3S2/c1-14-15(2)26-21(25)24(14)20-18(16-6-4-10-22-12-16)8-3-9-19(20)17-7-5-11-23-13-17/h3-13H,1-2H3. The Labute approximate surface area is 161 Å².